The number of rotatable bonds is 6. The molecule has 1 fully saturated rings. The first-order valence-corrected chi connectivity index (χ1v) is 11.3. The number of carbonyl (C=O) groups excluding carboxylic acids is 1. The molecule has 0 spiro atoms. The van der Waals surface area contributed by atoms with E-state index in [2.05, 4.69) is 37.6 Å². The third kappa shape index (κ3) is 6.81. The van der Waals surface area contributed by atoms with Gasteiger partial charge in [-0.1, -0.05) is 45.0 Å². The summed E-state index contributed by atoms with van der Waals surface area (Å²) in [6, 6.07) is 8.03. The lowest BCUT2D eigenvalue weighted by molar-refractivity contribution is 0.0966. The summed E-state index contributed by atoms with van der Waals surface area (Å²) in [6.45, 7) is 9.62. The lowest BCUT2D eigenvalue weighted by Crippen LogP contribution is -2.47. The summed E-state index contributed by atoms with van der Waals surface area (Å²) in [5, 5.41) is 0. The van der Waals surface area contributed by atoms with Crippen molar-refractivity contribution >= 4 is 16.1 Å². The van der Waals surface area contributed by atoms with Gasteiger partial charge in [-0.2, -0.15) is 0 Å². The Bertz CT molecular complexity index is 715. The molecular weight excluding hydrogens is 364 g/mol. The maximum absolute atomic E-state index is 12.4. The van der Waals surface area contributed by atoms with Gasteiger partial charge < -0.3 is 9.64 Å². The average molecular weight is 397 g/mol. The molecule has 1 amide bonds. The lowest BCUT2D eigenvalue weighted by Gasteiger charge is -2.31. The van der Waals surface area contributed by atoms with Crippen molar-refractivity contribution in [2.75, 3.05) is 25.4 Å². The van der Waals surface area contributed by atoms with Crippen molar-refractivity contribution in [1.29, 1.82) is 0 Å². The maximum atomic E-state index is 12.4. The van der Waals surface area contributed by atoms with E-state index in [0.29, 0.717) is 39.0 Å². The van der Waals surface area contributed by atoms with Crippen LogP contribution in [0.4, 0.5) is 4.79 Å². The van der Waals surface area contributed by atoms with Crippen LogP contribution >= 0.6 is 0 Å². The van der Waals surface area contributed by atoms with Gasteiger partial charge in [0.15, 0.2) is 0 Å². The summed E-state index contributed by atoms with van der Waals surface area (Å²) in [4.78, 5) is 13.3. The molecule has 1 saturated heterocycles. The van der Waals surface area contributed by atoms with E-state index in [9.17, 15) is 13.2 Å². The van der Waals surface area contributed by atoms with Crippen LogP contribution in [0.5, 0.6) is 0 Å². The second kappa shape index (κ2) is 9.06. The molecule has 0 atom stereocenters. The number of nitrogens with zero attached hydrogens (tertiary/aromatic N) is 1. The number of piperidine rings is 1. The van der Waals surface area contributed by atoms with E-state index in [1.54, 1.807) is 11.8 Å². The number of benzene rings is 1. The monoisotopic (exact) mass is 396 g/mol. The molecule has 1 N–H and O–H groups in total. The zero-order chi connectivity index (χ0) is 20.1. The summed E-state index contributed by atoms with van der Waals surface area (Å²) in [5.41, 5.74) is 2.34. The number of hydrogen-bond acceptors (Lipinski definition) is 4. The van der Waals surface area contributed by atoms with Crippen molar-refractivity contribution < 1.29 is 17.9 Å². The molecule has 1 aromatic rings. The van der Waals surface area contributed by atoms with E-state index in [4.69, 9.17) is 4.74 Å². The minimum absolute atomic E-state index is 0.0694. The zero-order valence-electron chi connectivity index (χ0n) is 16.8. The Balaban J connectivity index is 1.81. The van der Waals surface area contributed by atoms with E-state index in [1.165, 1.54) is 5.56 Å². The quantitative estimate of drug-likeness (QED) is 0.802. The second-order valence-electron chi connectivity index (χ2n) is 8.09. The number of likely N-dealkylation sites (tertiary alicyclic amines) is 1. The third-order valence-corrected chi connectivity index (χ3v) is 6.28. The fraction of sp³-hybridized carbons (Fsp3) is 0.650. The SMILES string of the molecule is CCOC(=O)N1CCC(NS(=O)(=O)CCc2ccc(C(C)(C)C)cc2)CC1. The van der Waals surface area contributed by atoms with E-state index in [1.807, 2.05) is 12.1 Å². The average Bonchev–Trinajstić information content (AvgIpc) is 2.60. The molecule has 7 heteroatoms. The molecule has 2 rings (SSSR count). The predicted molar refractivity (Wildman–Crippen MR) is 107 cm³/mol. The summed E-state index contributed by atoms with van der Waals surface area (Å²) in [6.07, 6.45) is 1.38. The Morgan fingerprint density at radius 2 is 1.78 bits per heavy atom. The zero-order valence-corrected chi connectivity index (χ0v) is 17.6. The Morgan fingerprint density at radius 3 is 2.30 bits per heavy atom. The molecule has 27 heavy (non-hydrogen) atoms. The van der Waals surface area contributed by atoms with Gasteiger partial charge in [0.1, 0.15) is 0 Å². The minimum atomic E-state index is -3.35. The number of aryl methyl sites for hydroxylation is 1. The molecule has 1 aromatic carbocycles. The maximum Gasteiger partial charge on any atom is 0.409 e. The molecule has 1 heterocycles. The largest absolute Gasteiger partial charge is 0.450 e. The predicted octanol–water partition coefficient (Wildman–Crippen LogP) is 3.07. The summed E-state index contributed by atoms with van der Waals surface area (Å²) in [7, 11) is -3.35. The molecule has 0 unspecified atom stereocenters. The van der Waals surface area contributed by atoms with Gasteiger partial charge in [0, 0.05) is 19.1 Å². The molecule has 1 aliphatic rings. The summed E-state index contributed by atoms with van der Waals surface area (Å²) >= 11 is 0. The lowest BCUT2D eigenvalue weighted by atomic mass is 9.86. The first-order chi connectivity index (χ1) is 12.6. The van der Waals surface area contributed by atoms with Gasteiger partial charge in [-0.3, -0.25) is 0 Å². The van der Waals surface area contributed by atoms with Crippen molar-refractivity contribution in [1.82, 2.24) is 9.62 Å². The fourth-order valence-corrected chi connectivity index (χ4v) is 4.50. The van der Waals surface area contributed by atoms with Crippen LogP contribution < -0.4 is 4.72 Å². The summed E-state index contributed by atoms with van der Waals surface area (Å²) < 4.78 is 32.6. The number of hydrogen-bond donors (Lipinski definition) is 1. The first kappa shape index (κ1) is 21.7. The van der Waals surface area contributed by atoms with E-state index in [-0.39, 0.29) is 23.3 Å². The second-order valence-corrected chi connectivity index (χ2v) is 9.97. The number of ether oxygens (including phenoxy) is 1. The van der Waals surface area contributed by atoms with Crippen LogP contribution in [0.25, 0.3) is 0 Å². The molecule has 0 bridgehead atoms. The van der Waals surface area contributed by atoms with Crippen molar-refractivity contribution in [2.24, 2.45) is 0 Å². The van der Waals surface area contributed by atoms with E-state index < -0.39 is 10.0 Å². The Hall–Kier alpha value is -1.60. The Labute approximate surface area is 163 Å². The van der Waals surface area contributed by atoms with Crippen molar-refractivity contribution in [2.45, 2.75) is 58.4 Å². The van der Waals surface area contributed by atoms with E-state index in [0.717, 1.165) is 5.56 Å². The fourth-order valence-electron chi connectivity index (χ4n) is 3.13. The van der Waals surface area contributed by atoms with Crippen LogP contribution in [0.1, 0.15) is 51.7 Å². The molecule has 0 aromatic heterocycles. The van der Waals surface area contributed by atoms with Crippen molar-refractivity contribution in [3.05, 3.63) is 35.4 Å². The number of amides is 1. The highest BCUT2D eigenvalue weighted by Crippen LogP contribution is 2.22. The van der Waals surface area contributed by atoms with Gasteiger partial charge >= 0.3 is 6.09 Å². The Morgan fingerprint density at radius 1 is 1.19 bits per heavy atom. The van der Waals surface area contributed by atoms with Crippen LogP contribution in [-0.4, -0.2) is 50.9 Å². The van der Waals surface area contributed by atoms with Crippen LogP contribution in [0, 0.1) is 0 Å². The van der Waals surface area contributed by atoms with E-state index >= 15 is 0 Å². The summed E-state index contributed by atoms with van der Waals surface area (Å²) in [5.74, 6) is 0.0694. The molecule has 0 radical (unpaired) electrons. The topological polar surface area (TPSA) is 75.7 Å². The number of nitrogens with one attached hydrogen (secondary N) is 1. The van der Waals surface area contributed by atoms with Gasteiger partial charge in [0.05, 0.1) is 12.4 Å². The molecule has 152 valence electrons. The van der Waals surface area contributed by atoms with Crippen LogP contribution in [-0.2, 0) is 26.6 Å². The third-order valence-electron chi connectivity index (χ3n) is 4.85. The standard InChI is InChI=1S/C20H32N2O4S/c1-5-26-19(23)22-13-10-18(11-14-22)21-27(24,25)15-12-16-6-8-17(9-7-16)20(2,3)4/h6-9,18,21H,5,10-15H2,1-4H3. The van der Waals surface area contributed by atoms with Gasteiger partial charge in [-0.05, 0) is 42.7 Å². The highest BCUT2D eigenvalue weighted by Gasteiger charge is 2.26. The molecule has 6 nitrogen and oxygen atoms in total. The van der Waals surface area contributed by atoms with Crippen LogP contribution in [0.3, 0.4) is 0 Å². The Kier molecular flexibility index (Phi) is 7.28. The van der Waals surface area contributed by atoms with Gasteiger partial charge in [-0.25, -0.2) is 17.9 Å². The highest BCUT2D eigenvalue weighted by molar-refractivity contribution is 7.89. The number of sulfonamides is 1. The van der Waals surface area contributed by atoms with Crippen LogP contribution in [0.15, 0.2) is 24.3 Å². The smallest absolute Gasteiger partial charge is 0.409 e. The number of carbonyl (C=O) groups is 1. The highest BCUT2D eigenvalue weighted by atomic mass is 32.2. The molecule has 0 aliphatic carbocycles. The molecule has 0 saturated carbocycles. The first-order valence-electron chi connectivity index (χ1n) is 9.62. The van der Waals surface area contributed by atoms with Gasteiger partial charge in [-0.15, -0.1) is 0 Å². The van der Waals surface area contributed by atoms with Crippen molar-refractivity contribution in [3.8, 4) is 0 Å². The molecule has 1 aliphatic heterocycles. The van der Waals surface area contributed by atoms with Gasteiger partial charge in [0.25, 0.3) is 0 Å². The van der Waals surface area contributed by atoms with Gasteiger partial charge in [0.2, 0.25) is 10.0 Å². The minimum Gasteiger partial charge on any atom is -0.450 e. The van der Waals surface area contributed by atoms with Crippen molar-refractivity contribution in [3.63, 3.8) is 0 Å². The normalized spacial score (nSPS) is 16.4. The molecular formula is C20H32N2O4S. The van der Waals surface area contributed by atoms with Crippen LogP contribution in [0.2, 0.25) is 0 Å².